The number of likely N-dealkylation sites (tertiary alicyclic amines) is 1. The zero-order valence-electron chi connectivity index (χ0n) is 11.6. The van der Waals surface area contributed by atoms with Gasteiger partial charge in [-0.2, -0.15) is 0 Å². The first kappa shape index (κ1) is 14.3. The standard InChI is InChI=1S/C13H23N3O3/c1-3-11-10-6-14-5-9(10)7-16(11)8-12(17)15-13(18)19-4-2/h9-11,14H,3-8H2,1-2H3,(H,15,17,18). The number of nitrogens with zero attached hydrogens (tertiary/aromatic N) is 1. The fourth-order valence-electron chi connectivity index (χ4n) is 3.36. The van der Waals surface area contributed by atoms with Crippen LogP contribution < -0.4 is 10.6 Å². The quantitative estimate of drug-likeness (QED) is 0.762. The molecule has 2 N–H and O–H groups in total. The van der Waals surface area contributed by atoms with E-state index in [-0.39, 0.29) is 19.1 Å². The van der Waals surface area contributed by atoms with Crippen LogP contribution in [-0.4, -0.2) is 55.7 Å². The molecule has 19 heavy (non-hydrogen) atoms. The first-order chi connectivity index (χ1) is 9.15. The van der Waals surface area contributed by atoms with E-state index in [2.05, 4.69) is 22.5 Å². The molecule has 2 fully saturated rings. The Kier molecular flexibility index (Phi) is 4.76. The van der Waals surface area contributed by atoms with E-state index in [4.69, 9.17) is 4.74 Å². The van der Waals surface area contributed by atoms with Crippen molar-refractivity contribution in [3.05, 3.63) is 0 Å². The Morgan fingerprint density at radius 3 is 2.84 bits per heavy atom. The van der Waals surface area contributed by atoms with Crippen LogP contribution in [0.3, 0.4) is 0 Å². The second-order valence-electron chi connectivity index (χ2n) is 5.26. The Bertz CT molecular complexity index is 348. The van der Waals surface area contributed by atoms with E-state index in [1.165, 1.54) is 0 Å². The van der Waals surface area contributed by atoms with E-state index in [0.717, 1.165) is 26.1 Å². The van der Waals surface area contributed by atoms with Crippen LogP contribution in [0.5, 0.6) is 0 Å². The topological polar surface area (TPSA) is 70.7 Å². The summed E-state index contributed by atoms with van der Waals surface area (Å²) in [6, 6.07) is 0.438. The molecule has 6 heteroatoms. The molecule has 0 aromatic carbocycles. The van der Waals surface area contributed by atoms with Crippen molar-refractivity contribution in [1.29, 1.82) is 0 Å². The van der Waals surface area contributed by atoms with Crippen molar-refractivity contribution in [1.82, 2.24) is 15.5 Å². The van der Waals surface area contributed by atoms with Gasteiger partial charge in [0, 0.05) is 12.6 Å². The molecule has 2 saturated heterocycles. The van der Waals surface area contributed by atoms with Gasteiger partial charge >= 0.3 is 6.09 Å². The highest BCUT2D eigenvalue weighted by molar-refractivity contribution is 5.92. The molecule has 0 aromatic rings. The Labute approximate surface area is 113 Å². The Morgan fingerprint density at radius 2 is 2.16 bits per heavy atom. The molecule has 2 aliphatic heterocycles. The molecule has 3 unspecified atom stereocenters. The van der Waals surface area contributed by atoms with Crippen LogP contribution in [-0.2, 0) is 9.53 Å². The van der Waals surface area contributed by atoms with Crippen molar-refractivity contribution >= 4 is 12.0 Å². The molecular formula is C13H23N3O3. The number of amides is 2. The van der Waals surface area contributed by atoms with Gasteiger partial charge in [0.05, 0.1) is 13.2 Å². The summed E-state index contributed by atoms with van der Waals surface area (Å²) in [7, 11) is 0. The van der Waals surface area contributed by atoms with Crippen molar-refractivity contribution in [2.75, 3.05) is 32.8 Å². The van der Waals surface area contributed by atoms with Gasteiger partial charge in [-0.15, -0.1) is 0 Å². The zero-order chi connectivity index (χ0) is 13.8. The first-order valence-electron chi connectivity index (χ1n) is 7.07. The average Bonchev–Trinajstić information content (AvgIpc) is 2.88. The van der Waals surface area contributed by atoms with Crippen molar-refractivity contribution in [3.8, 4) is 0 Å². The number of alkyl carbamates (subject to hydrolysis) is 1. The van der Waals surface area contributed by atoms with Crippen LogP contribution in [0.15, 0.2) is 0 Å². The first-order valence-corrected chi connectivity index (χ1v) is 7.07. The van der Waals surface area contributed by atoms with E-state index in [1.54, 1.807) is 6.92 Å². The summed E-state index contributed by atoms with van der Waals surface area (Å²) in [5.74, 6) is 1.01. The smallest absolute Gasteiger partial charge is 0.413 e. The van der Waals surface area contributed by atoms with Crippen LogP contribution in [0.1, 0.15) is 20.3 Å². The molecular weight excluding hydrogens is 246 g/mol. The highest BCUT2D eigenvalue weighted by Crippen LogP contribution is 2.33. The van der Waals surface area contributed by atoms with Gasteiger partial charge in [0.25, 0.3) is 0 Å². The largest absolute Gasteiger partial charge is 0.450 e. The summed E-state index contributed by atoms with van der Waals surface area (Å²) < 4.78 is 4.71. The van der Waals surface area contributed by atoms with Crippen molar-refractivity contribution in [2.45, 2.75) is 26.3 Å². The number of fused-ring (bicyclic) bond motifs is 1. The van der Waals surface area contributed by atoms with E-state index in [1.807, 2.05) is 0 Å². The molecule has 2 heterocycles. The highest BCUT2D eigenvalue weighted by atomic mass is 16.5. The number of nitrogens with one attached hydrogen (secondary N) is 2. The third-order valence-corrected chi connectivity index (χ3v) is 4.11. The van der Waals surface area contributed by atoms with Gasteiger partial charge in [-0.3, -0.25) is 15.0 Å². The number of hydrogen-bond donors (Lipinski definition) is 2. The number of imide groups is 1. The number of rotatable bonds is 4. The number of hydrogen-bond acceptors (Lipinski definition) is 5. The fourth-order valence-corrected chi connectivity index (χ4v) is 3.36. The molecule has 2 rings (SSSR count). The fraction of sp³-hybridized carbons (Fsp3) is 0.846. The third-order valence-electron chi connectivity index (χ3n) is 4.11. The zero-order valence-corrected chi connectivity index (χ0v) is 11.6. The summed E-state index contributed by atoms with van der Waals surface area (Å²) in [5.41, 5.74) is 0. The Morgan fingerprint density at radius 1 is 1.37 bits per heavy atom. The Balaban J connectivity index is 1.85. The minimum atomic E-state index is -0.651. The average molecular weight is 269 g/mol. The molecule has 0 aliphatic carbocycles. The lowest BCUT2D eigenvalue weighted by atomic mass is 9.93. The second-order valence-corrected chi connectivity index (χ2v) is 5.26. The van der Waals surface area contributed by atoms with Crippen LogP contribution in [0.4, 0.5) is 4.79 Å². The van der Waals surface area contributed by atoms with Gasteiger partial charge in [-0.1, -0.05) is 6.92 Å². The van der Waals surface area contributed by atoms with Crippen molar-refractivity contribution < 1.29 is 14.3 Å². The van der Waals surface area contributed by atoms with Crippen LogP contribution in [0.2, 0.25) is 0 Å². The lowest BCUT2D eigenvalue weighted by molar-refractivity contribution is -0.121. The Hall–Kier alpha value is -1.14. The van der Waals surface area contributed by atoms with E-state index >= 15 is 0 Å². The molecule has 0 bridgehead atoms. The molecule has 2 aliphatic rings. The van der Waals surface area contributed by atoms with Crippen LogP contribution >= 0.6 is 0 Å². The molecule has 0 spiro atoms. The molecule has 6 nitrogen and oxygen atoms in total. The minimum absolute atomic E-state index is 0.273. The monoisotopic (exact) mass is 269 g/mol. The number of carbonyl (C=O) groups is 2. The summed E-state index contributed by atoms with van der Waals surface area (Å²) >= 11 is 0. The summed E-state index contributed by atoms with van der Waals surface area (Å²) in [6.45, 7) is 7.44. The molecule has 108 valence electrons. The highest BCUT2D eigenvalue weighted by Gasteiger charge is 2.43. The molecule has 0 aromatic heterocycles. The second kappa shape index (κ2) is 6.34. The lowest BCUT2D eigenvalue weighted by Gasteiger charge is -2.25. The molecule has 0 saturated carbocycles. The maximum absolute atomic E-state index is 11.8. The maximum Gasteiger partial charge on any atom is 0.413 e. The van der Waals surface area contributed by atoms with E-state index < -0.39 is 6.09 Å². The van der Waals surface area contributed by atoms with Crippen LogP contribution in [0.25, 0.3) is 0 Å². The molecule has 2 amide bonds. The maximum atomic E-state index is 11.8. The van der Waals surface area contributed by atoms with Crippen molar-refractivity contribution in [2.24, 2.45) is 11.8 Å². The normalized spacial score (nSPS) is 30.1. The van der Waals surface area contributed by atoms with Crippen LogP contribution in [0, 0.1) is 11.8 Å². The minimum Gasteiger partial charge on any atom is -0.450 e. The van der Waals surface area contributed by atoms with Gasteiger partial charge in [0.2, 0.25) is 5.91 Å². The third kappa shape index (κ3) is 3.25. The summed E-state index contributed by atoms with van der Waals surface area (Å²) in [4.78, 5) is 25.2. The summed E-state index contributed by atoms with van der Waals surface area (Å²) in [6.07, 6.45) is 0.386. The lowest BCUT2D eigenvalue weighted by Crippen LogP contribution is -2.44. The van der Waals surface area contributed by atoms with Gasteiger partial charge in [0.15, 0.2) is 0 Å². The van der Waals surface area contributed by atoms with Gasteiger partial charge in [0.1, 0.15) is 0 Å². The number of ether oxygens (including phenoxy) is 1. The SMILES string of the molecule is CCOC(=O)NC(=O)CN1CC2CNCC2C1CC. The molecule has 3 atom stereocenters. The van der Waals surface area contributed by atoms with E-state index in [9.17, 15) is 9.59 Å². The number of carbonyl (C=O) groups excluding carboxylic acids is 2. The van der Waals surface area contributed by atoms with Gasteiger partial charge in [-0.25, -0.2) is 4.79 Å². The van der Waals surface area contributed by atoms with Crippen molar-refractivity contribution in [3.63, 3.8) is 0 Å². The van der Waals surface area contributed by atoms with E-state index in [0.29, 0.717) is 17.9 Å². The predicted molar refractivity (Wildman–Crippen MR) is 70.7 cm³/mol. The molecule has 0 radical (unpaired) electrons. The van der Waals surface area contributed by atoms with Gasteiger partial charge in [-0.05, 0) is 38.3 Å². The summed E-state index contributed by atoms with van der Waals surface area (Å²) in [5, 5.41) is 5.67. The van der Waals surface area contributed by atoms with Gasteiger partial charge < -0.3 is 10.1 Å². The predicted octanol–water partition coefficient (Wildman–Crippen LogP) is 0.189.